The molecule has 1 N–H and O–H groups in total. The molecule has 2 heterocycles. The molecule has 1 aromatic carbocycles. The third kappa shape index (κ3) is 4.34. The number of carbonyl (C=O) groups excluding carboxylic acids is 1. The van der Waals surface area contributed by atoms with Gasteiger partial charge in [-0.25, -0.2) is 9.98 Å². The Morgan fingerprint density at radius 2 is 2.12 bits per heavy atom. The Hall–Kier alpha value is -2.55. The van der Waals surface area contributed by atoms with Crippen molar-refractivity contribution in [3.63, 3.8) is 0 Å². The molecule has 9 heteroatoms. The van der Waals surface area contributed by atoms with E-state index in [1.165, 1.54) is 18.5 Å². The van der Waals surface area contributed by atoms with E-state index >= 15 is 0 Å². The monoisotopic (exact) mass is 380 g/mol. The van der Waals surface area contributed by atoms with Crippen molar-refractivity contribution < 1.29 is 18.0 Å². The molecule has 0 aliphatic carbocycles. The summed E-state index contributed by atoms with van der Waals surface area (Å²) in [4.78, 5) is 20.6. The standard InChI is InChI=1S/C17H15F3N4OS/c1-10-3-4-12(11(2)7-10)22-16-23-15(25)13(26-16)8-14-21-5-6-24(14)9-17(18,19)20/h3-8H,9H2,1-2H3,(H,22,23,25)/b13-8-. The largest absolute Gasteiger partial charge is 0.406 e. The highest BCUT2D eigenvalue weighted by Gasteiger charge is 2.29. The predicted octanol–water partition coefficient (Wildman–Crippen LogP) is 3.95. The molecule has 26 heavy (non-hydrogen) atoms. The topological polar surface area (TPSA) is 59.3 Å². The van der Waals surface area contributed by atoms with Crippen LogP contribution in [0.3, 0.4) is 0 Å². The number of nitrogens with one attached hydrogen (secondary N) is 1. The zero-order valence-electron chi connectivity index (χ0n) is 14.0. The van der Waals surface area contributed by atoms with Crippen molar-refractivity contribution in [2.75, 3.05) is 0 Å². The molecule has 3 rings (SSSR count). The molecule has 2 aromatic rings. The van der Waals surface area contributed by atoms with E-state index in [0.29, 0.717) is 5.17 Å². The van der Waals surface area contributed by atoms with Crippen molar-refractivity contribution in [3.8, 4) is 0 Å². The van der Waals surface area contributed by atoms with Crippen LogP contribution in [0.5, 0.6) is 0 Å². The van der Waals surface area contributed by atoms with Crippen LogP contribution in [-0.4, -0.2) is 26.8 Å². The Morgan fingerprint density at radius 1 is 1.35 bits per heavy atom. The quantitative estimate of drug-likeness (QED) is 0.820. The number of amides is 1. The number of aliphatic imine (C=N–C) groups is 1. The molecule has 0 saturated carbocycles. The number of thioether (sulfide) groups is 1. The predicted molar refractivity (Wildman–Crippen MR) is 95.0 cm³/mol. The fourth-order valence-corrected chi connectivity index (χ4v) is 3.23. The van der Waals surface area contributed by atoms with Gasteiger partial charge in [0.1, 0.15) is 12.4 Å². The van der Waals surface area contributed by atoms with Crippen LogP contribution >= 0.6 is 11.8 Å². The summed E-state index contributed by atoms with van der Waals surface area (Å²) in [5, 5.41) is 3.00. The molecule has 1 amide bonds. The molecular weight excluding hydrogens is 365 g/mol. The smallest absolute Gasteiger partial charge is 0.322 e. The van der Waals surface area contributed by atoms with Gasteiger partial charge in [-0.1, -0.05) is 17.7 Å². The number of nitrogens with zero attached hydrogens (tertiary/aromatic N) is 3. The first-order chi connectivity index (χ1) is 12.2. The number of hydrogen-bond donors (Lipinski definition) is 1. The third-order valence-electron chi connectivity index (χ3n) is 3.58. The van der Waals surface area contributed by atoms with Crippen LogP contribution in [0.1, 0.15) is 17.0 Å². The zero-order chi connectivity index (χ0) is 18.9. The lowest BCUT2D eigenvalue weighted by Gasteiger charge is -2.08. The number of carbonyl (C=O) groups is 1. The second kappa shape index (κ2) is 6.99. The fraction of sp³-hybridized carbons (Fsp3) is 0.235. The number of halogens is 3. The van der Waals surface area contributed by atoms with Crippen LogP contribution in [0.15, 0.2) is 40.5 Å². The summed E-state index contributed by atoms with van der Waals surface area (Å²) in [6, 6.07) is 5.74. The lowest BCUT2D eigenvalue weighted by Crippen LogP contribution is -2.20. The van der Waals surface area contributed by atoms with Gasteiger partial charge in [-0.15, -0.1) is 0 Å². The molecule has 1 aliphatic rings. The number of benzene rings is 1. The van der Waals surface area contributed by atoms with Gasteiger partial charge in [-0.3, -0.25) is 4.79 Å². The van der Waals surface area contributed by atoms with Gasteiger partial charge in [-0.05, 0) is 37.2 Å². The van der Waals surface area contributed by atoms with Crippen LogP contribution in [0.2, 0.25) is 0 Å². The van der Waals surface area contributed by atoms with E-state index in [1.54, 1.807) is 0 Å². The van der Waals surface area contributed by atoms with Gasteiger partial charge in [0, 0.05) is 18.5 Å². The fourth-order valence-electron chi connectivity index (χ4n) is 2.43. The minimum Gasteiger partial charge on any atom is -0.322 e. The van der Waals surface area contributed by atoms with Gasteiger partial charge >= 0.3 is 6.18 Å². The van der Waals surface area contributed by atoms with E-state index < -0.39 is 18.6 Å². The van der Waals surface area contributed by atoms with E-state index in [9.17, 15) is 18.0 Å². The molecule has 0 spiro atoms. The second-order valence-electron chi connectivity index (χ2n) is 5.80. The van der Waals surface area contributed by atoms with E-state index in [4.69, 9.17) is 0 Å². The summed E-state index contributed by atoms with van der Waals surface area (Å²) in [5.41, 5.74) is 2.79. The molecule has 0 bridgehead atoms. The Bertz CT molecular complexity index is 915. The Labute approximate surface area is 152 Å². The van der Waals surface area contributed by atoms with E-state index in [1.807, 2.05) is 32.0 Å². The first kappa shape index (κ1) is 18.2. The number of hydrogen-bond acceptors (Lipinski definition) is 4. The minimum atomic E-state index is -4.37. The maximum Gasteiger partial charge on any atom is 0.406 e. The number of amidine groups is 1. The SMILES string of the molecule is Cc1ccc(N=C2NC(=O)/C(=C/c3nccn3CC(F)(F)F)S2)c(C)c1. The summed E-state index contributed by atoms with van der Waals surface area (Å²) in [6.45, 7) is 2.72. The molecule has 0 atom stereocenters. The maximum absolute atomic E-state index is 12.6. The number of aryl methyl sites for hydroxylation is 2. The third-order valence-corrected chi connectivity index (χ3v) is 4.49. The summed E-state index contributed by atoms with van der Waals surface area (Å²) in [6.07, 6.45) is -0.548. The summed E-state index contributed by atoms with van der Waals surface area (Å²) in [5.74, 6) is -0.354. The Morgan fingerprint density at radius 3 is 2.81 bits per heavy atom. The first-order valence-electron chi connectivity index (χ1n) is 7.66. The van der Waals surface area contributed by atoms with Crippen LogP contribution in [0.4, 0.5) is 18.9 Å². The molecule has 5 nitrogen and oxygen atoms in total. The van der Waals surface area contributed by atoms with Gasteiger partial charge in [0.15, 0.2) is 5.17 Å². The van der Waals surface area contributed by atoms with Crippen LogP contribution in [0, 0.1) is 13.8 Å². The molecule has 0 unspecified atom stereocenters. The van der Waals surface area contributed by atoms with Gasteiger partial charge in [0.25, 0.3) is 5.91 Å². The Kier molecular flexibility index (Phi) is 4.90. The summed E-state index contributed by atoms with van der Waals surface area (Å²) < 4.78 is 38.7. The highest BCUT2D eigenvalue weighted by atomic mass is 32.2. The van der Waals surface area contributed by atoms with Crippen molar-refractivity contribution >= 4 is 34.6 Å². The van der Waals surface area contributed by atoms with E-state index in [-0.39, 0.29) is 10.7 Å². The summed E-state index contributed by atoms with van der Waals surface area (Å²) >= 11 is 1.07. The second-order valence-corrected chi connectivity index (χ2v) is 6.83. The lowest BCUT2D eigenvalue weighted by atomic mass is 10.1. The maximum atomic E-state index is 12.6. The van der Waals surface area contributed by atoms with Gasteiger partial charge in [0.05, 0.1) is 10.6 Å². The summed E-state index contributed by atoms with van der Waals surface area (Å²) in [7, 11) is 0. The first-order valence-corrected chi connectivity index (χ1v) is 8.48. The molecular formula is C17H15F3N4OS. The van der Waals surface area contributed by atoms with Crippen molar-refractivity contribution in [1.82, 2.24) is 14.9 Å². The average molecular weight is 380 g/mol. The molecule has 1 aromatic heterocycles. The number of alkyl halides is 3. The lowest BCUT2D eigenvalue weighted by molar-refractivity contribution is -0.140. The van der Waals surface area contributed by atoms with E-state index in [0.717, 1.165) is 33.1 Å². The normalized spacial score (nSPS) is 18.0. The number of aromatic nitrogens is 2. The van der Waals surface area contributed by atoms with E-state index in [2.05, 4.69) is 15.3 Å². The van der Waals surface area contributed by atoms with Crippen molar-refractivity contribution in [1.29, 1.82) is 0 Å². The number of rotatable bonds is 3. The van der Waals surface area contributed by atoms with Gasteiger partial charge < -0.3 is 9.88 Å². The molecule has 1 saturated heterocycles. The van der Waals surface area contributed by atoms with Crippen molar-refractivity contribution in [2.24, 2.45) is 4.99 Å². The highest BCUT2D eigenvalue weighted by Crippen LogP contribution is 2.29. The minimum absolute atomic E-state index is 0.0627. The van der Waals surface area contributed by atoms with Crippen molar-refractivity contribution in [2.45, 2.75) is 26.6 Å². The molecule has 1 aliphatic heterocycles. The van der Waals surface area contributed by atoms with Crippen LogP contribution in [-0.2, 0) is 11.3 Å². The van der Waals surface area contributed by atoms with Crippen molar-refractivity contribution in [3.05, 3.63) is 52.4 Å². The number of imidazole rings is 1. The Balaban J connectivity index is 1.83. The van der Waals surface area contributed by atoms with Gasteiger partial charge in [-0.2, -0.15) is 13.2 Å². The zero-order valence-corrected chi connectivity index (χ0v) is 14.8. The van der Waals surface area contributed by atoms with Crippen LogP contribution in [0.25, 0.3) is 6.08 Å². The average Bonchev–Trinajstić information content (AvgIpc) is 3.08. The highest BCUT2D eigenvalue weighted by molar-refractivity contribution is 8.18. The molecule has 1 fully saturated rings. The molecule has 0 radical (unpaired) electrons. The molecule has 136 valence electrons. The van der Waals surface area contributed by atoms with Crippen LogP contribution < -0.4 is 5.32 Å². The van der Waals surface area contributed by atoms with Gasteiger partial charge in [0.2, 0.25) is 0 Å².